The number of H-pyrrole nitrogens is 1. The number of β-amino-alcohol motifs (C(OH)–C–C–N with tert-alkyl or cyclic N) is 1. The quantitative estimate of drug-likeness (QED) is 0.872. The van der Waals surface area contributed by atoms with Gasteiger partial charge in [0, 0.05) is 17.4 Å². The molecule has 1 saturated heterocycles. The Morgan fingerprint density at radius 3 is 3.00 bits per heavy atom. The fourth-order valence-electron chi connectivity index (χ4n) is 2.33. The van der Waals surface area contributed by atoms with E-state index in [-0.39, 0.29) is 0 Å². The molecule has 0 aromatic carbocycles. The summed E-state index contributed by atoms with van der Waals surface area (Å²) in [7, 11) is 0. The van der Waals surface area contributed by atoms with Gasteiger partial charge in [-0.1, -0.05) is 0 Å². The molecule has 100 valence electrons. The first-order valence-electron chi connectivity index (χ1n) is 6.05. The number of halogens is 1. The third-order valence-corrected chi connectivity index (χ3v) is 4.31. The van der Waals surface area contributed by atoms with Gasteiger partial charge in [-0.3, -0.25) is 0 Å². The standard InChI is InChI=1S/C12H14BrN5O/c1-8-9(13)2-3-11(15-8)18-5-4-12(19,7-18)10-6-14-17-16-10/h2-3,6,19H,4-5,7H2,1H3,(H,14,16,17). The van der Waals surface area contributed by atoms with Gasteiger partial charge in [-0.2, -0.15) is 15.4 Å². The lowest BCUT2D eigenvalue weighted by Crippen LogP contribution is -2.31. The smallest absolute Gasteiger partial charge is 0.129 e. The Morgan fingerprint density at radius 2 is 2.32 bits per heavy atom. The van der Waals surface area contributed by atoms with E-state index < -0.39 is 5.60 Å². The number of pyridine rings is 1. The molecule has 1 aliphatic heterocycles. The van der Waals surface area contributed by atoms with Gasteiger partial charge in [0.2, 0.25) is 0 Å². The van der Waals surface area contributed by atoms with Crippen LogP contribution >= 0.6 is 15.9 Å². The lowest BCUT2D eigenvalue weighted by atomic mass is 10.0. The molecule has 1 fully saturated rings. The molecule has 1 atom stereocenters. The van der Waals surface area contributed by atoms with Crippen LogP contribution in [0.4, 0.5) is 5.82 Å². The van der Waals surface area contributed by atoms with E-state index in [4.69, 9.17) is 0 Å². The first kappa shape index (κ1) is 12.6. The van der Waals surface area contributed by atoms with Gasteiger partial charge in [0.1, 0.15) is 17.1 Å². The summed E-state index contributed by atoms with van der Waals surface area (Å²) in [6, 6.07) is 3.93. The monoisotopic (exact) mass is 323 g/mol. The minimum Gasteiger partial charge on any atom is -0.381 e. The maximum Gasteiger partial charge on any atom is 0.129 e. The van der Waals surface area contributed by atoms with Crippen LogP contribution in [0.5, 0.6) is 0 Å². The molecule has 0 bridgehead atoms. The number of aromatic nitrogens is 4. The van der Waals surface area contributed by atoms with Gasteiger partial charge in [0.15, 0.2) is 0 Å². The first-order valence-corrected chi connectivity index (χ1v) is 6.84. The van der Waals surface area contributed by atoms with Gasteiger partial charge < -0.3 is 10.0 Å². The van der Waals surface area contributed by atoms with Crippen molar-refractivity contribution in [3.05, 3.63) is 34.2 Å². The normalized spacial score (nSPS) is 23.0. The molecule has 0 amide bonds. The predicted octanol–water partition coefficient (Wildman–Crippen LogP) is 1.37. The molecule has 7 heteroatoms. The van der Waals surface area contributed by atoms with Crippen LogP contribution in [-0.2, 0) is 5.60 Å². The Hall–Kier alpha value is -1.47. The van der Waals surface area contributed by atoms with Crippen molar-refractivity contribution < 1.29 is 5.11 Å². The second-order valence-corrected chi connectivity index (χ2v) is 5.65. The number of aromatic amines is 1. The molecule has 3 heterocycles. The van der Waals surface area contributed by atoms with Gasteiger partial charge in [0.25, 0.3) is 0 Å². The molecular formula is C12H14BrN5O. The van der Waals surface area contributed by atoms with Crippen LogP contribution in [0, 0.1) is 6.92 Å². The van der Waals surface area contributed by atoms with E-state index in [9.17, 15) is 5.11 Å². The molecule has 1 unspecified atom stereocenters. The van der Waals surface area contributed by atoms with E-state index in [2.05, 4.69) is 41.2 Å². The Kier molecular flexibility index (Phi) is 3.02. The molecule has 2 aromatic heterocycles. The van der Waals surface area contributed by atoms with E-state index in [0.29, 0.717) is 18.7 Å². The van der Waals surface area contributed by atoms with E-state index in [1.165, 1.54) is 0 Å². The van der Waals surface area contributed by atoms with Crippen LogP contribution in [-0.4, -0.2) is 38.6 Å². The highest BCUT2D eigenvalue weighted by molar-refractivity contribution is 9.10. The van der Waals surface area contributed by atoms with Crippen LogP contribution in [0.3, 0.4) is 0 Å². The van der Waals surface area contributed by atoms with E-state index in [1.807, 2.05) is 19.1 Å². The fraction of sp³-hybridized carbons (Fsp3) is 0.417. The van der Waals surface area contributed by atoms with E-state index in [0.717, 1.165) is 22.5 Å². The number of nitrogens with zero attached hydrogens (tertiary/aromatic N) is 4. The van der Waals surface area contributed by atoms with Crippen molar-refractivity contribution in [3.8, 4) is 0 Å². The van der Waals surface area contributed by atoms with Crippen molar-refractivity contribution in [2.45, 2.75) is 18.9 Å². The minimum absolute atomic E-state index is 0.480. The maximum absolute atomic E-state index is 10.6. The maximum atomic E-state index is 10.6. The van der Waals surface area contributed by atoms with Gasteiger partial charge in [-0.15, -0.1) is 0 Å². The zero-order valence-corrected chi connectivity index (χ0v) is 12.1. The molecule has 1 aliphatic rings. The fourth-order valence-corrected chi connectivity index (χ4v) is 2.55. The van der Waals surface area contributed by atoms with Crippen LogP contribution in [0.15, 0.2) is 22.8 Å². The molecule has 2 N–H and O–H groups in total. The summed E-state index contributed by atoms with van der Waals surface area (Å²) in [5, 5.41) is 20.9. The summed E-state index contributed by atoms with van der Waals surface area (Å²) < 4.78 is 0.988. The van der Waals surface area contributed by atoms with Crippen molar-refractivity contribution in [1.29, 1.82) is 0 Å². The largest absolute Gasteiger partial charge is 0.381 e. The Balaban J connectivity index is 1.84. The summed E-state index contributed by atoms with van der Waals surface area (Å²) in [6.07, 6.45) is 2.19. The molecule has 0 aliphatic carbocycles. The van der Waals surface area contributed by atoms with E-state index in [1.54, 1.807) is 6.20 Å². The third kappa shape index (κ3) is 2.23. The molecule has 0 radical (unpaired) electrons. The van der Waals surface area contributed by atoms with Gasteiger partial charge in [0.05, 0.1) is 18.4 Å². The number of anilines is 1. The van der Waals surface area contributed by atoms with E-state index >= 15 is 0 Å². The number of nitrogens with one attached hydrogen (secondary N) is 1. The summed E-state index contributed by atoms with van der Waals surface area (Å²) in [5.74, 6) is 0.875. The molecular weight excluding hydrogens is 310 g/mol. The third-order valence-electron chi connectivity index (χ3n) is 3.47. The van der Waals surface area contributed by atoms with Crippen LogP contribution in [0.2, 0.25) is 0 Å². The van der Waals surface area contributed by atoms with Crippen LogP contribution < -0.4 is 4.90 Å². The predicted molar refractivity (Wildman–Crippen MR) is 73.8 cm³/mol. The van der Waals surface area contributed by atoms with Crippen LogP contribution in [0.1, 0.15) is 17.8 Å². The van der Waals surface area contributed by atoms with Crippen molar-refractivity contribution >= 4 is 21.7 Å². The summed E-state index contributed by atoms with van der Waals surface area (Å²) in [5.41, 5.74) is 0.577. The lowest BCUT2D eigenvalue weighted by molar-refractivity contribution is 0.0559. The second kappa shape index (κ2) is 4.57. The molecule has 19 heavy (non-hydrogen) atoms. The molecule has 6 nitrogen and oxygen atoms in total. The Bertz CT molecular complexity index is 588. The van der Waals surface area contributed by atoms with Gasteiger partial charge >= 0.3 is 0 Å². The zero-order chi connectivity index (χ0) is 13.5. The zero-order valence-electron chi connectivity index (χ0n) is 10.5. The molecule has 0 spiro atoms. The molecule has 2 aromatic rings. The highest BCUT2D eigenvalue weighted by atomic mass is 79.9. The highest BCUT2D eigenvalue weighted by Gasteiger charge is 2.40. The van der Waals surface area contributed by atoms with Gasteiger partial charge in [-0.25, -0.2) is 4.98 Å². The summed E-state index contributed by atoms with van der Waals surface area (Å²) in [4.78, 5) is 6.59. The number of aryl methyl sites for hydroxylation is 1. The first-order chi connectivity index (χ1) is 9.08. The SMILES string of the molecule is Cc1nc(N2CCC(O)(c3cn[nH]n3)C2)ccc1Br. The summed E-state index contributed by atoms with van der Waals surface area (Å²) >= 11 is 3.44. The number of aliphatic hydroxyl groups is 1. The molecule has 3 rings (SSSR count). The van der Waals surface area contributed by atoms with Crippen LogP contribution in [0.25, 0.3) is 0 Å². The number of rotatable bonds is 2. The van der Waals surface area contributed by atoms with Gasteiger partial charge in [-0.05, 0) is 35.0 Å². The lowest BCUT2D eigenvalue weighted by Gasteiger charge is -2.22. The highest BCUT2D eigenvalue weighted by Crippen LogP contribution is 2.33. The Labute approximate surface area is 119 Å². The van der Waals surface area contributed by atoms with Crippen molar-refractivity contribution in [3.63, 3.8) is 0 Å². The molecule has 0 saturated carbocycles. The number of hydrogen-bond donors (Lipinski definition) is 2. The van der Waals surface area contributed by atoms with Crippen molar-refractivity contribution in [1.82, 2.24) is 20.4 Å². The average molecular weight is 324 g/mol. The topological polar surface area (TPSA) is 77.9 Å². The minimum atomic E-state index is -0.949. The van der Waals surface area contributed by atoms with Crippen molar-refractivity contribution in [2.24, 2.45) is 0 Å². The number of hydrogen-bond acceptors (Lipinski definition) is 5. The Morgan fingerprint density at radius 1 is 1.47 bits per heavy atom. The van der Waals surface area contributed by atoms with Crippen molar-refractivity contribution in [2.75, 3.05) is 18.0 Å². The second-order valence-electron chi connectivity index (χ2n) is 4.80. The average Bonchev–Trinajstić information content (AvgIpc) is 3.02. The summed E-state index contributed by atoms with van der Waals surface area (Å²) in [6.45, 7) is 3.18.